The van der Waals surface area contributed by atoms with Crippen LogP contribution in [-0.2, 0) is 11.3 Å². The quantitative estimate of drug-likeness (QED) is 0.747. The fourth-order valence-electron chi connectivity index (χ4n) is 2.72. The largest absolute Gasteiger partial charge is 0.497 e. The van der Waals surface area contributed by atoms with Crippen molar-refractivity contribution in [3.63, 3.8) is 0 Å². The van der Waals surface area contributed by atoms with Crippen molar-refractivity contribution in [2.45, 2.75) is 20.4 Å². The predicted molar refractivity (Wildman–Crippen MR) is 98.3 cm³/mol. The van der Waals surface area contributed by atoms with Gasteiger partial charge in [-0.25, -0.2) is 0 Å². The van der Waals surface area contributed by atoms with Crippen molar-refractivity contribution < 1.29 is 9.53 Å². The lowest BCUT2D eigenvalue weighted by atomic mass is 10.0. The van der Waals surface area contributed by atoms with E-state index in [1.165, 1.54) is 6.92 Å². The number of ether oxygens (including phenoxy) is 1. The van der Waals surface area contributed by atoms with Crippen LogP contribution in [0.25, 0.3) is 22.5 Å². The van der Waals surface area contributed by atoms with E-state index in [1.807, 2.05) is 48.5 Å². The minimum absolute atomic E-state index is 0.0300. The molecule has 5 nitrogen and oxygen atoms in total. The Bertz CT molecular complexity index is 865. The molecule has 0 aliphatic carbocycles. The van der Waals surface area contributed by atoms with Crippen LogP contribution in [0.15, 0.2) is 48.5 Å². The Morgan fingerprint density at radius 3 is 2.32 bits per heavy atom. The van der Waals surface area contributed by atoms with Crippen molar-refractivity contribution in [1.82, 2.24) is 15.5 Å². The first-order valence-electron chi connectivity index (χ1n) is 8.11. The molecule has 3 rings (SSSR count). The van der Waals surface area contributed by atoms with Gasteiger partial charge in [0.05, 0.1) is 18.5 Å². The molecule has 0 bridgehead atoms. The monoisotopic (exact) mass is 335 g/mol. The molecule has 0 saturated heterocycles. The van der Waals surface area contributed by atoms with Gasteiger partial charge >= 0.3 is 0 Å². The smallest absolute Gasteiger partial charge is 0.217 e. The summed E-state index contributed by atoms with van der Waals surface area (Å²) in [6, 6.07) is 16.0. The molecule has 25 heavy (non-hydrogen) atoms. The highest BCUT2D eigenvalue weighted by Gasteiger charge is 2.12. The molecule has 2 N–H and O–H groups in total. The van der Waals surface area contributed by atoms with Crippen LogP contribution >= 0.6 is 0 Å². The zero-order valence-electron chi connectivity index (χ0n) is 14.6. The van der Waals surface area contributed by atoms with E-state index in [0.717, 1.165) is 39.4 Å². The SMILES string of the molecule is COc1ccc(-c2n[nH]c(-c3ccc(CNC(C)=O)cc3)c2C)cc1. The number of methoxy groups -OCH3 is 1. The number of nitrogens with one attached hydrogen (secondary N) is 2. The number of hydrogen-bond acceptors (Lipinski definition) is 3. The van der Waals surface area contributed by atoms with E-state index in [4.69, 9.17) is 4.74 Å². The van der Waals surface area contributed by atoms with Crippen LogP contribution < -0.4 is 10.1 Å². The number of nitrogens with zero attached hydrogens (tertiary/aromatic N) is 1. The standard InChI is InChI=1S/C20H21N3O2/c1-13-19(16-6-4-15(5-7-16)12-21-14(2)24)22-23-20(13)17-8-10-18(25-3)11-9-17/h4-11H,12H2,1-3H3,(H,21,24)(H,22,23). The second kappa shape index (κ2) is 7.21. The van der Waals surface area contributed by atoms with Gasteiger partial charge < -0.3 is 10.1 Å². The van der Waals surface area contributed by atoms with Crippen LogP contribution in [0, 0.1) is 6.92 Å². The third-order valence-corrected chi connectivity index (χ3v) is 4.16. The van der Waals surface area contributed by atoms with Crippen LogP contribution in [-0.4, -0.2) is 23.2 Å². The second-order valence-electron chi connectivity index (χ2n) is 5.91. The molecule has 0 spiro atoms. The second-order valence-corrected chi connectivity index (χ2v) is 5.91. The van der Waals surface area contributed by atoms with Gasteiger partial charge in [-0.05, 0) is 42.3 Å². The molecule has 128 valence electrons. The Labute approximate surface area is 147 Å². The third kappa shape index (κ3) is 3.71. The number of amides is 1. The molecule has 0 saturated carbocycles. The van der Waals surface area contributed by atoms with E-state index in [0.29, 0.717) is 6.54 Å². The van der Waals surface area contributed by atoms with Gasteiger partial charge in [-0.2, -0.15) is 5.10 Å². The minimum Gasteiger partial charge on any atom is -0.497 e. The van der Waals surface area contributed by atoms with Crippen molar-refractivity contribution >= 4 is 5.91 Å². The highest BCUT2D eigenvalue weighted by molar-refractivity contribution is 5.74. The van der Waals surface area contributed by atoms with Gasteiger partial charge in [0.25, 0.3) is 0 Å². The van der Waals surface area contributed by atoms with Gasteiger partial charge in [0.2, 0.25) is 5.91 Å². The summed E-state index contributed by atoms with van der Waals surface area (Å²) in [6.45, 7) is 4.11. The maximum Gasteiger partial charge on any atom is 0.217 e. The minimum atomic E-state index is -0.0300. The molecule has 0 aliphatic rings. The summed E-state index contributed by atoms with van der Waals surface area (Å²) >= 11 is 0. The molecule has 1 amide bonds. The number of hydrogen-bond donors (Lipinski definition) is 2. The van der Waals surface area contributed by atoms with E-state index < -0.39 is 0 Å². The van der Waals surface area contributed by atoms with Crippen molar-refractivity contribution in [1.29, 1.82) is 0 Å². The molecule has 1 heterocycles. The van der Waals surface area contributed by atoms with Crippen LogP contribution in [0.3, 0.4) is 0 Å². The molecule has 0 radical (unpaired) electrons. The molecule has 0 atom stereocenters. The third-order valence-electron chi connectivity index (χ3n) is 4.16. The Balaban J connectivity index is 1.83. The predicted octanol–water partition coefficient (Wildman–Crippen LogP) is 3.70. The lowest BCUT2D eigenvalue weighted by molar-refractivity contribution is -0.119. The number of carbonyl (C=O) groups is 1. The van der Waals surface area contributed by atoms with Crippen molar-refractivity contribution in [3.8, 4) is 28.3 Å². The number of aromatic amines is 1. The molecule has 2 aromatic carbocycles. The highest BCUT2D eigenvalue weighted by Crippen LogP contribution is 2.30. The van der Waals surface area contributed by atoms with E-state index >= 15 is 0 Å². The van der Waals surface area contributed by atoms with Crippen molar-refractivity contribution in [2.24, 2.45) is 0 Å². The summed E-state index contributed by atoms with van der Waals surface area (Å²) in [6.07, 6.45) is 0. The Kier molecular flexibility index (Phi) is 4.84. The average molecular weight is 335 g/mol. The fourth-order valence-corrected chi connectivity index (χ4v) is 2.72. The maximum atomic E-state index is 11.0. The molecular formula is C20H21N3O2. The first kappa shape index (κ1) is 16.8. The summed E-state index contributed by atoms with van der Waals surface area (Å²) in [5, 5.41) is 10.4. The van der Waals surface area contributed by atoms with E-state index in [-0.39, 0.29) is 5.91 Å². The number of carbonyl (C=O) groups excluding carboxylic acids is 1. The Hall–Kier alpha value is -3.08. The van der Waals surface area contributed by atoms with Gasteiger partial charge in [-0.1, -0.05) is 24.3 Å². The molecular weight excluding hydrogens is 314 g/mol. The summed E-state index contributed by atoms with van der Waals surface area (Å²) in [5.41, 5.74) is 6.20. The van der Waals surface area contributed by atoms with Gasteiger partial charge in [0.15, 0.2) is 0 Å². The zero-order chi connectivity index (χ0) is 17.8. The summed E-state index contributed by atoms with van der Waals surface area (Å²) < 4.78 is 5.20. The number of H-pyrrole nitrogens is 1. The van der Waals surface area contributed by atoms with Crippen LogP contribution in [0.1, 0.15) is 18.1 Å². The summed E-state index contributed by atoms with van der Waals surface area (Å²) in [4.78, 5) is 11.0. The topological polar surface area (TPSA) is 67.0 Å². The molecule has 0 unspecified atom stereocenters. The summed E-state index contributed by atoms with van der Waals surface area (Å²) in [5.74, 6) is 0.796. The number of rotatable bonds is 5. The first-order valence-corrected chi connectivity index (χ1v) is 8.11. The van der Waals surface area contributed by atoms with Crippen LogP contribution in [0.2, 0.25) is 0 Å². The maximum absolute atomic E-state index is 11.0. The van der Waals surface area contributed by atoms with Gasteiger partial charge in [-0.15, -0.1) is 0 Å². The highest BCUT2D eigenvalue weighted by atomic mass is 16.5. The normalized spacial score (nSPS) is 10.5. The number of aromatic nitrogens is 2. The van der Waals surface area contributed by atoms with E-state index in [1.54, 1.807) is 7.11 Å². The molecule has 0 fully saturated rings. The molecule has 1 aromatic heterocycles. The first-order chi connectivity index (χ1) is 12.1. The summed E-state index contributed by atoms with van der Waals surface area (Å²) in [7, 11) is 1.66. The van der Waals surface area contributed by atoms with Crippen molar-refractivity contribution in [2.75, 3.05) is 7.11 Å². The van der Waals surface area contributed by atoms with E-state index in [9.17, 15) is 4.79 Å². The Morgan fingerprint density at radius 2 is 1.72 bits per heavy atom. The zero-order valence-corrected chi connectivity index (χ0v) is 14.6. The molecule has 5 heteroatoms. The lowest BCUT2D eigenvalue weighted by Gasteiger charge is -2.05. The molecule has 3 aromatic rings. The molecule has 0 aliphatic heterocycles. The lowest BCUT2D eigenvalue weighted by Crippen LogP contribution is -2.18. The number of benzene rings is 2. The van der Waals surface area contributed by atoms with E-state index in [2.05, 4.69) is 22.4 Å². The Morgan fingerprint density at radius 1 is 1.08 bits per heavy atom. The van der Waals surface area contributed by atoms with Crippen LogP contribution in [0.5, 0.6) is 5.75 Å². The van der Waals surface area contributed by atoms with Gasteiger partial charge in [0.1, 0.15) is 5.75 Å². The van der Waals surface area contributed by atoms with Crippen LogP contribution in [0.4, 0.5) is 0 Å². The van der Waals surface area contributed by atoms with Gasteiger partial charge in [-0.3, -0.25) is 9.89 Å². The van der Waals surface area contributed by atoms with Gasteiger partial charge in [0, 0.05) is 24.6 Å². The average Bonchev–Trinajstić information content (AvgIpc) is 3.02. The van der Waals surface area contributed by atoms with Crippen molar-refractivity contribution in [3.05, 3.63) is 59.7 Å². The fraction of sp³-hybridized carbons (Fsp3) is 0.200.